The van der Waals surface area contributed by atoms with E-state index in [0.29, 0.717) is 35.4 Å². The number of nitrogens with zero attached hydrogens (tertiary/aromatic N) is 2. The van der Waals surface area contributed by atoms with Crippen LogP contribution in [0.4, 0.5) is 0 Å². The third kappa shape index (κ3) is 6.32. The molecule has 0 bridgehead atoms. The third-order valence-corrected chi connectivity index (χ3v) is 5.02. The minimum atomic E-state index is -0.314. The Hall–Kier alpha value is -2.83. The topological polar surface area (TPSA) is 75.4 Å². The number of halogens is 2. The van der Waals surface area contributed by atoms with Gasteiger partial charge in [-0.25, -0.2) is 0 Å². The summed E-state index contributed by atoms with van der Waals surface area (Å²) in [4.78, 5) is 27.1. The van der Waals surface area contributed by atoms with Gasteiger partial charge in [-0.05, 0) is 29.7 Å². The fourth-order valence-corrected chi connectivity index (χ4v) is 3.40. The van der Waals surface area contributed by atoms with Gasteiger partial charge in [0.1, 0.15) is 0 Å². The summed E-state index contributed by atoms with van der Waals surface area (Å²) in [6, 6.07) is 15.8. The first-order valence-corrected chi connectivity index (χ1v) is 10.6. The molecule has 3 rings (SSSR count). The lowest BCUT2D eigenvalue weighted by molar-refractivity contribution is 0.0713. The third-order valence-electron chi connectivity index (χ3n) is 4.47. The number of hydrogen-bond donors (Lipinski definition) is 1. The smallest absolute Gasteiger partial charge is 0.273 e. The Morgan fingerprint density at radius 3 is 2.48 bits per heavy atom. The predicted molar refractivity (Wildman–Crippen MR) is 120 cm³/mol. The maximum atomic E-state index is 13.3. The van der Waals surface area contributed by atoms with Gasteiger partial charge in [-0.1, -0.05) is 72.5 Å². The van der Waals surface area contributed by atoms with E-state index >= 15 is 0 Å². The van der Waals surface area contributed by atoms with Crippen LogP contribution in [0.15, 0.2) is 59.1 Å². The van der Waals surface area contributed by atoms with Crippen molar-refractivity contribution in [2.24, 2.45) is 5.92 Å². The number of benzene rings is 2. The van der Waals surface area contributed by atoms with Crippen molar-refractivity contribution in [2.45, 2.75) is 26.9 Å². The summed E-state index contributed by atoms with van der Waals surface area (Å²) < 4.78 is 5.34. The number of amides is 2. The number of aromatic nitrogens is 1. The second-order valence-electron chi connectivity index (χ2n) is 7.55. The van der Waals surface area contributed by atoms with Crippen molar-refractivity contribution in [3.05, 3.63) is 87.2 Å². The molecule has 2 aromatic carbocycles. The summed E-state index contributed by atoms with van der Waals surface area (Å²) in [5.41, 5.74) is 1.44. The maximum Gasteiger partial charge on any atom is 0.273 e. The van der Waals surface area contributed by atoms with Crippen LogP contribution in [0.1, 0.15) is 46.0 Å². The van der Waals surface area contributed by atoms with E-state index in [4.69, 9.17) is 27.7 Å². The van der Waals surface area contributed by atoms with Crippen LogP contribution in [-0.2, 0) is 13.1 Å². The van der Waals surface area contributed by atoms with Crippen LogP contribution in [-0.4, -0.2) is 28.4 Å². The summed E-state index contributed by atoms with van der Waals surface area (Å²) >= 11 is 12.2. The highest BCUT2D eigenvalue weighted by molar-refractivity contribution is 6.36. The van der Waals surface area contributed by atoms with Crippen LogP contribution < -0.4 is 5.32 Å². The first kappa shape index (κ1) is 22.8. The van der Waals surface area contributed by atoms with E-state index in [2.05, 4.69) is 10.5 Å². The molecule has 162 valence electrons. The zero-order valence-electron chi connectivity index (χ0n) is 17.3. The minimum Gasteiger partial charge on any atom is -0.359 e. The molecule has 0 fully saturated rings. The lowest BCUT2D eigenvalue weighted by Gasteiger charge is -2.22. The van der Waals surface area contributed by atoms with Gasteiger partial charge in [-0.2, -0.15) is 0 Å². The molecular formula is C23H23Cl2N3O3. The second kappa shape index (κ2) is 10.5. The van der Waals surface area contributed by atoms with Crippen molar-refractivity contribution in [3.8, 4) is 0 Å². The van der Waals surface area contributed by atoms with Crippen LogP contribution in [0.2, 0.25) is 10.0 Å². The monoisotopic (exact) mass is 459 g/mol. The molecule has 2 amide bonds. The average molecular weight is 460 g/mol. The highest BCUT2D eigenvalue weighted by atomic mass is 35.5. The molecule has 0 unspecified atom stereocenters. The molecule has 6 nitrogen and oxygen atoms in total. The van der Waals surface area contributed by atoms with Crippen molar-refractivity contribution in [3.63, 3.8) is 0 Å². The number of nitrogens with one attached hydrogen (secondary N) is 1. The number of carbonyl (C=O) groups excluding carboxylic acids is 2. The van der Waals surface area contributed by atoms with Crippen molar-refractivity contribution in [1.82, 2.24) is 15.4 Å². The van der Waals surface area contributed by atoms with E-state index in [-0.39, 0.29) is 29.1 Å². The lowest BCUT2D eigenvalue weighted by atomic mass is 10.1. The molecule has 3 aromatic rings. The Balaban J connectivity index is 1.82. The molecule has 0 aliphatic rings. The fraction of sp³-hybridized carbons (Fsp3) is 0.261. The Labute approximate surface area is 191 Å². The van der Waals surface area contributed by atoms with E-state index < -0.39 is 0 Å². The van der Waals surface area contributed by atoms with Gasteiger partial charge in [0.25, 0.3) is 11.8 Å². The van der Waals surface area contributed by atoms with E-state index in [9.17, 15) is 9.59 Å². The number of rotatable bonds is 8. The Kier molecular flexibility index (Phi) is 7.71. The molecule has 0 radical (unpaired) electrons. The fourth-order valence-electron chi connectivity index (χ4n) is 2.91. The molecule has 1 N–H and O–H groups in total. The second-order valence-corrected chi connectivity index (χ2v) is 8.40. The van der Waals surface area contributed by atoms with Gasteiger partial charge in [0, 0.05) is 24.2 Å². The van der Waals surface area contributed by atoms with E-state index in [1.165, 1.54) is 6.07 Å². The first-order valence-electron chi connectivity index (χ1n) is 9.85. The molecule has 31 heavy (non-hydrogen) atoms. The highest BCUT2D eigenvalue weighted by Gasteiger charge is 2.22. The van der Waals surface area contributed by atoms with Crippen LogP contribution in [0.25, 0.3) is 0 Å². The van der Waals surface area contributed by atoms with E-state index in [1.54, 1.807) is 23.1 Å². The van der Waals surface area contributed by atoms with Crippen LogP contribution >= 0.6 is 23.2 Å². The lowest BCUT2D eigenvalue weighted by Crippen LogP contribution is -2.30. The van der Waals surface area contributed by atoms with Gasteiger partial charge < -0.3 is 14.7 Å². The van der Waals surface area contributed by atoms with Crippen LogP contribution in [0.3, 0.4) is 0 Å². The Morgan fingerprint density at radius 2 is 1.81 bits per heavy atom. The molecule has 1 aromatic heterocycles. The standard InChI is InChI=1S/C23H23Cl2N3O3/c1-15(2)12-26-22(29)21-11-18(31-27-21)14-28(13-16-6-4-3-5-7-16)23(30)19-9-8-17(24)10-20(19)25/h3-11,15H,12-14H2,1-2H3,(H,26,29). The van der Waals surface area contributed by atoms with Gasteiger partial charge in [0.05, 0.1) is 17.1 Å². The van der Waals surface area contributed by atoms with Crippen molar-refractivity contribution in [1.29, 1.82) is 0 Å². The summed E-state index contributed by atoms with van der Waals surface area (Å²) in [5.74, 6) is 0.112. The number of hydrogen-bond acceptors (Lipinski definition) is 4. The molecule has 1 heterocycles. The van der Waals surface area contributed by atoms with Crippen molar-refractivity contribution >= 4 is 35.0 Å². The zero-order valence-corrected chi connectivity index (χ0v) is 18.8. The molecule has 0 saturated heterocycles. The van der Waals surface area contributed by atoms with Crippen molar-refractivity contribution in [2.75, 3.05) is 6.54 Å². The normalized spacial score (nSPS) is 10.9. The summed E-state index contributed by atoms with van der Waals surface area (Å²) in [5, 5.41) is 7.35. The zero-order chi connectivity index (χ0) is 22.4. The average Bonchev–Trinajstić information content (AvgIpc) is 3.20. The Bertz CT molecular complexity index is 1050. The molecule has 0 atom stereocenters. The first-order chi connectivity index (χ1) is 14.8. The maximum absolute atomic E-state index is 13.3. The highest BCUT2D eigenvalue weighted by Crippen LogP contribution is 2.24. The summed E-state index contributed by atoms with van der Waals surface area (Å²) in [6.07, 6.45) is 0. The van der Waals surface area contributed by atoms with Gasteiger partial charge in [-0.15, -0.1) is 0 Å². The summed E-state index contributed by atoms with van der Waals surface area (Å²) in [6.45, 7) is 4.99. The molecule has 0 aliphatic heterocycles. The minimum absolute atomic E-state index is 0.122. The quantitative estimate of drug-likeness (QED) is 0.501. The molecule has 0 spiro atoms. The van der Waals surface area contributed by atoms with Gasteiger partial charge in [0.15, 0.2) is 11.5 Å². The predicted octanol–water partition coefficient (Wildman–Crippen LogP) is 5.21. The van der Waals surface area contributed by atoms with E-state index in [0.717, 1.165) is 5.56 Å². The number of carbonyl (C=O) groups is 2. The molecule has 8 heteroatoms. The van der Waals surface area contributed by atoms with Gasteiger partial charge in [-0.3, -0.25) is 9.59 Å². The molecule has 0 saturated carbocycles. The van der Waals surface area contributed by atoms with Crippen LogP contribution in [0.5, 0.6) is 0 Å². The van der Waals surface area contributed by atoms with Crippen LogP contribution in [0, 0.1) is 5.92 Å². The van der Waals surface area contributed by atoms with Gasteiger partial charge in [0.2, 0.25) is 0 Å². The summed E-state index contributed by atoms with van der Waals surface area (Å²) in [7, 11) is 0. The SMILES string of the molecule is CC(C)CNC(=O)c1cc(CN(Cc2ccccc2)C(=O)c2ccc(Cl)cc2Cl)on1. The molecule has 0 aliphatic carbocycles. The molecular weight excluding hydrogens is 437 g/mol. The van der Waals surface area contributed by atoms with Gasteiger partial charge >= 0.3 is 0 Å². The van der Waals surface area contributed by atoms with E-state index in [1.807, 2.05) is 44.2 Å². The largest absolute Gasteiger partial charge is 0.359 e. The van der Waals surface area contributed by atoms with Crippen molar-refractivity contribution < 1.29 is 14.1 Å². The Morgan fingerprint density at radius 1 is 1.06 bits per heavy atom.